The van der Waals surface area contributed by atoms with Crippen molar-refractivity contribution in [3.63, 3.8) is 0 Å². The van der Waals surface area contributed by atoms with Gasteiger partial charge in [-0.25, -0.2) is 0 Å². The fourth-order valence-corrected chi connectivity index (χ4v) is 1.40. The van der Waals surface area contributed by atoms with Crippen LogP contribution in [0.5, 0.6) is 0 Å². The average Bonchev–Trinajstić information content (AvgIpc) is 2.32. The SMILES string of the molecule is C(=C\c1ccccc1)/[CH-]c1ccccc1. The Morgan fingerprint density at radius 3 is 2.00 bits per heavy atom. The van der Waals surface area contributed by atoms with Crippen LogP contribution in [0.25, 0.3) is 6.08 Å². The standard InChI is InChI=1S/C15H13/c1-3-8-14(9-4-1)12-7-13-15-10-5-2-6-11-15/h1-13H/q-1/b12-7+. The first-order chi connectivity index (χ1) is 7.45. The summed E-state index contributed by atoms with van der Waals surface area (Å²) >= 11 is 0. The Labute approximate surface area is 90.9 Å². The Balaban J connectivity index is 1.97. The van der Waals surface area contributed by atoms with Gasteiger partial charge >= 0.3 is 0 Å². The molecule has 0 amide bonds. The monoisotopic (exact) mass is 193 g/mol. The zero-order valence-corrected chi connectivity index (χ0v) is 8.51. The van der Waals surface area contributed by atoms with Crippen molar-refractivity contribution in [1.29, 1.82) is 0 Å². The zero-order valence-electron chi connectivity index (χ0n) is 8.51. The van der Waals surface area contributed by atoms with Crippen molar-refractivity contribution in [2.75, 3.05) is 0 Å². The summed E-state index contributed by atoms with van der Waals surface area (Å²) in [7, 11) is 0. The summed E-state index contributed by atoms with van der Waals surface area (Å²) in [6, 6.07) is 20.6. The van der Waals surface area contributed by atoms with Crippen LogP contribution in [0, 0.1) is 6.42 Å². The summed E-state index contributed by atoms with van der Waals surface area (Å²) < 4.78 is 0. The van der Waals surface area contributed by atoms with Crippen LogP contribution in [0.2, 0.25) is 0 Å². The molecule has 0 aliphatic rings. The molecule has 0 atom stereocenters. The molecule has 0 N–H and O–H groups in total. The minimum Gasteiger partial charge on any atom is -0.148 e. The number of hydrogen-bond donors (Lipinski definition) is 0. The second-order valence-corrected chi connectivity index (χ2v) is 3.35. The fourth-order valence-electron chi connectivity index (χ4n) is 1.40. The van der Waals surface area contributed by atoms with Crippen molar-refractivity contribution in [2.24, 2.45) is 0 Å². The molecule has 0 heteroatoms. The molecule has 0 bridgehead atoms. The van der Waals surface area contributed by atoms with Crippen LogP contribution in [0.3, 0.4) is 0 Å². The molecule has 74 valence electrons. The Kier molecular flexibility index (Phi) is 3.24. The highest BCUT2D eigenvalue weighted by molar-refractivity contribution is 5.51. The van der Waals surface area contributed by atoms with Crippen LogP contribution in [-0.2, 0) is 0 Å². The van der Waals surface area contributed by atoms with Crippen LogP contribution >= 0.6 is 0 Å². The molecule has 0 nitrogen and oxygen atoms in total. The van der Waals surface area contributed by atoms with Gasteiger partial charge in [-0.05, 0) is 0 Å². The lowest BCUT2D eigenvalue weighted by molar-refractivity contribution is 1.53. The van der Waals surface area contributed by atoms with Crippen molar-refractivity contribution >= 4 is 6.08 Å². The number of allylic oxidation sites excluding steroid dienone is 1. The third-order valence-corrected chi connectivity index (χ3v) is 2.18. The predicted octanol–water partition coefficient (Wildman–Crippen LogP) is 3.95. The van der Waals surface area contributed by atoms with E-state index in [1.54, 1.807) is 0 Å². The van der Waals surface area contributed by atoms with Crippen molar-refractivity contribution in [2.45, 2.75) is 0 Å². The van der Waals surface area contributed by atoms with E-state index in [0.717, 1.165) is 0 Å². The van der Waals surface area contributed by atoms with Gasteiger partial charge in [0.15, 0.2) is 0 Å². The van der Waals surface area contributed by atoms with Gasteiger partial charge in [0.05, 0.1) is 0 Å². The molecule has 0 aromatic heterocycles. The molecule has 0 spiro atoms. The van der Waals surface area contributed by atoms with E-state index in [-0.39, 0.29) is 0 Å². The highest BCUT2D eigenvalue weighted by Gasteiger charge is 1.79. The topological polar surface area (TPSA) is 0 Å². The maximum atomic E-state index is 2.10. The Morgan fingerprint density at radius 2 is 1.33 bits per heavy atom. The number of benzene rings is 2. The van der Waals surface area contributed by atoms with E-state index in [4.69, 9.17) is 0 Å². The second kappa shape index (κ2) is 5.06. The maximum absolute atomic E-state index is 2.10. The molecule has 0 aliphatic carbocycles. The molecule has 0 saturated carbocycles. The van der Waals surface area contributed by atoms with Gasteiger partial charge < -0.3 is 0 Å². The summed E-state index contributed by atoms with van der Waals surface area (Å²) in [6.07, 6.45) is 6.28. The van der Waals surface area contributed by atoms with E-state index in [0.29, 0.717) is 0 Å². The van der Waals surface area contributed by atoms with Crippen LogP contribution in [0.4, 0.5) is 0 Å². The van der Waals surface area contributed by atoms with Gasteiger partial charge in [0.1, 0.15) is 0 Å². The van der Waals surface area contributed by atoms with Gasteiger partial charge in [0, 0.05) is 0 Å². The van der Waals surface area contributed by atoms with E-state index in [9.17, 15) is 0 Å². The van der Waals surface area contributed by atoms with Crippen molar-refractivity contribution in [3.8, 4) is 0 Å². The minimum atomic E-state index is 1.23. The first-order valence-electron chi connectivity index (χ1n) is 5.07. The molecule has 0 fully saturated rings. The van der Waals surface area contributed by atoms with Crippen molar-refractivity contribution in [3.05, 3.63) is 84.3 Å². The summed E-state index contributed by atoms with van der Waals surface area (Å²) in [6.45, 7) is 0. The third kappa shape index (κ3) is 3.03. The fraction of sp³-hybridized carbons (Fsp3) is 0. The number of hydrogen-bond acceptors (Lipinski definition) is 0. The molecule has 2 aromatic rings. The van der Waals surface area contributed by atoms with Gasteiger partial charge in [0.25, 0.3) is 0 Å². The highest BCUT2D eigenvalue weighted by Crippen LogP contribution is 2.06. The van der Waals surface area contributed by atoms with E-state index in [1.165, 1.54) is 11.1 Å². The lowest BCUT2D eigenvalue weighted by atomic mass is 10.1. The molecular formula is C15H13-. The third-order valence-electron chi connectivity index (χ3n) is 2.18. The lowest BCUT2D eigenvalue weighted by Crippen LogP contribution is -1.75. The molecule has 0 aliphatic heterocycles. The van der Waals surface area contributed by atoms with Crippen LogP contribution in [0.15, 0.2) is 66.7 Å². The van der Waals surface area contributed by atoms with Gasteiger partial charge in [-0.1, -0.05) is 42.0 Å². The van der Waals surface area contributed by atoms with Gasteiger partial charge in [-0.15, -0.1) is 48.4 Å². The van der Waals surface area contributed by atoms with Crippen molar-refractivity contribution in [1.82, 2.24) is 0 Å². The van der Waals surface area contributed by atoms with Crippen molar-refractivity contribution < 1.29 is 0 Å². The summed E-state index contributed by atoms with van der Waals surface area (Å²) in [5, 5.41) is 0. The Morgan fingerprint density at radius 1 is 0.733 bits per heavy atom. The lowest BCUT2D eigenvalue weighted by Gasteiger charge is -2.02. The zero-order chi connectivity index (χ0) is 10.3. The molecule has 0 saturated heterocycles. The molecule has 2 rings (SSSR count). The first kappa shape index (κ1) is 9.60. The van der Waals surface area contributed by atoms with Gasteiger partial charge in [0.2, 0.25) is 0 Å². The van der Waals surface area contributed by atoms with Crippen LogP contribution < -0.4 is 0 Å². The minimum absolute atomic E-state index is 1.23. The summed E-state index contributed by atoms with van der Waals surface area (Å²) in [4.78, 5) is 0. The molecular weight excluding hydrogens is 180 g/mol. The van der Waals surface area contributed by atoms with Crippen LogP contribution in [-0.4, -0.2) is 0 Å². The predicted molar refractivity (Wildman–Crippen MR) is 65.3 cm³/mol. The van der Waals surface area contributed by atoms with E-state index >= 15 is 0 Å². The van der Waals surface area contributed by atoms with Gasteiger partial charge in [-0.2, -0.15) is 0 Å². The molecule has 2 aromatic carbocycles. The summed E-state index contributed by atoms with van der Waals surface area (Å²) in [5.41, 5.74) is 2.45. The molecule has 15 heavy (non-hydrogen) atoms. The van der Waals surface area contributed by atoms with E-state index in [1.807, 2.05) is 36.4 Å². The first-order valence-corrected chi connectivity index (χ1v) is 5.07. The quantitative estimate of drug-likeness (QED) is 0.647. The molecule has 0 radical (unpaired) electrons. The van der Waals surface area contributed by atoms with Gasteiger partial charge in [-0.3, -0.25) is 0 Å². The molecule has 0 unspecified atom stereocenters. The average molecular weight is 193 g/mol. The van der Waals surface area contributed by atoms with Crippen LogP contribution in [0.1, 0.15) is 11.1 Å². The normalized spacial score (nSPS) is 10.4. The Bertz CT molecular complexity index is 412. The highest BCUT2D eigenvalue weighted by atomic mass is 13.9. The Hall–Kier alpha value is -1.95. The number of rotatable bonds is 3. The maximum Gasteiger partial charge on any atom is -0.0623 e. The largest absolute Gasteiger partial charge is 0.148 e. The van der Waals surface area contributed by atoms with E-state index < -0.39 is 0 Å². The molecule has 0 heterocycles. The smallest absolute Gasteiger partial charge is 0.0623 e. The second-order valence-electron chi connectivity index (χ2n) is 3.35. The van der Waals surface area contributed by atoms with E-state index in [2.05, 4.69) is 42.8 Å². The summed E-state index contributed by atoms with van der Waals surface area (Å²) in [5.74, 6) is 0.